The van der Waals surface area contributed by atoms with E-state index in [1.54, 1.807) is 11.0 Å². The van der Waals surface area contributed by atoms with Crippen LogP contribution in [0.25, 0.3) is 6.08 Å². The van der Waals surface area contributed by atoms with Gasteiger partial charge in [-0.2, -0.15) is 0 Å². The highest BCUT2D eigenvalue weighted by atomic mass is 32.2. The summed E-state index contributed by atoms with van der Waals surface area (Å²) in [6.45, 7) is 0.638. The fraction of sp³-hybridized carbons (Fsp3) is 0.174. The van der Waals surface area contributed by atoms with Crippen molar-refractivity contribution in [2.24, 2.45) is 0 Å². The Kier molecular flexibility index (Phi) is 5.92. The quantitative estimate of drug-likeness (QED) is 0.542. The van der Waals surface area contributed by atoms with E-state index in [9.17, 15) is 9.59 Å². The number of carbonyl (C=O) groups is 2. The third-order valence-electron chi connectivity index (χ3n) is 4.91. The van der Waals surface area contributed by atoms with E-state index >= 15 is 0 Å². The Morgan fingerprint density at radius 2 is 1.86 bits per heavy atom. The van der Waals surface area contributed by atoms with E-state index in [4.69, 9.17) is 12.2 Å². The van der Waals surface area contributed by atoms with Gasteiger partial charge in [0.05, 0.1) is 4.91 Å². The Morgan fingerprint density at radius 1 is 1.10 bits per heavy atom. The van der Waals surface area contributed by atoms with Crippen molar-refractivity contribution in [3.8, 4) is 0 Å². The number of hydrogen-bond acceptors (Lipinski definition) is 4. The van der Waals surface area contributed by atoms with Crippen LogP contribution in [0.1, 0.15) is 17.5 Å². The molecule has 0 aromatic heterocycles. The normalized spacial score (nSPS) is 18.0. The van der Waals surface area contributed by atoms with E-state index in [0.717, 1.165) is 24.1 Å². The first kappa shape index (κ1) is 19.6. The molecule has 2 heterocycles. The molecular formula is C23H20N2O2S2. The molecule has 0 saturated carbocycles. The van der Waals surface area contributed by atoms with Crippen molar-refractivity contribution in [1.82, 2.24) is 4.90 Å². The summed E-state index contributed by atoms with van der Waals surface area (Å²) in [7, 11) is 0. The van der Waals surface area contributed by atoms with Crippen molar-refractivity contribution in [3.05, 3.63) is 82.8 Å². The Morgan fingerprint density at radius 3 is 2.69 bits per heavy atom. The van der Waals surface area contributed by atoms with Gasteiger partial charge in [0.25, 0.3) is 5.91 Å². The van der Waals surface area contributed by atoms with Crippen LogP contribution in [0.3, 0.4) is 0 Å². The number of nitrogens with zero attached hydrogens (tertiary/aromatic N) is 2. The van der Waals surface area contributed by atoms with Crippen LogP contribution in [-0.2, 0) is 16.0 Å². The Balaban J connectivity index is 1.45. The third kappa shape index (κ3) is 4.33. The number of para-hydroxylation sites is 1. The average Bonchev–Trinajstić information content (AvgIpc) is 3.01. The van der Waals surface area contributed by atoms with Crippen molar-refractivity contribution < 1.29 is 9.59 Å². The lowest BCUT2D eigenvalue weighted by Crippen LogP contribution is -2.44. The first-order valence-corrected chi connectivity index (χ1v) is 10.7. The maximum Gasteiger partial charge on any atom is 0.266 e. The number of amides is 2. The van der Waals surface area contributed by atoms with Crippen LogP contribution in [0, 0.1) is 0 Å². The van der Waals surface area contributed by atoms with E-state index in [2.05, 4.69) is 6.07 Å². The lowest BCUT2D eigenvalue weighted by atomic mass is 10.0. The molecule has 0 atom stereocenters. The van der Waals surface area contributed by atoms with Gasteiger partial charge in [0.15, 0.2) is 0 Å². The van der Waals surface area contributed by atoms with Crippen molar-refractivity contribution >= 4 is 51.9 Å². The largest absolute Gasteiger partial charge is 0.311 e. The molecule has 4 rings (SSSR count). The van der Waals surface area contributed by atoms with E-state index in [-0.39, 0.29) is 18.4 Å². The zero-order chi connectivity index (χ0) is 20.2. The molecule has 2 aliphatic heterocycles. The number of benzene rings is 2. The van der Waals surface area contributed by atoms with Crippen LogP contribution < -0.4 is 4.90 Å². The predicted octanol–water partition coefficient (Wildman–Crippen LogP) is 4.42. The summed E-state index contributed by atoms with van der Waals surface area (Å²) in [6.07, 6.45) is 7.42. The average molecular weight is 421 g/mol. The van der Waals surface area contributed by atoms with E-state index < -0.39 is 0 Å². The summed E-state index contributed by atoms with van der Waals surface area (Å²) in [6, 6.07) is 17.8. The number of anilines is 1. The van der Waals surface area contributed by atoms with Crippen molar-refractivity contribution in [2.75, 3.05) is 18.0 Å². The van der Waals surface area contributed by atoms with Crippen LogP contribution in [0.4, 0.5) is 5.69 Å². The summed E-state index contributed by atoms with van der Waals surface area (Å²) in [5.41, 5.74) is 3.16. The summed E-state index contributed by atoms with van der Waals surface area (Å²) in [5, 5.41) is 0. The second-order valence-corrected chi connectivity index (χ2v) is 8.51. The highest BCUT2D eigenvalue weighted by molar-refractivity contribution is 8.26. The smallest absolute Gasteiger partial charge is 0.266 e. The number of carbonyl (C=O) groups excluding carboxylic acids is 2. The molecule has 2 aromatic rings. The van der Waals surface area contributed by atoms with Gasteiger partial charge in [-0.15, -0.1) is 0 Å². The molecule has 4 nitrogen and oxygen atoms in total. The first-order valence-electron chi connectivity index (χ1n) is 9.49. The molecular weight excluding hydrogens is 400 g/mol. The minimum absolute atomic E-state index is 0.0290. The lowest BCUT2D eigenvalue weighted by molar-refractivity contribution is -0.127. The molecule has 2 aromatic carbocycles. The molecule has 2 aliphatic rings. The topological polar surface area (TPSA) is 40.6 Å². The van der Waals surface area contributed by atoms with Crippen molar-refractivity contribution in [2.45, 2.75) is 12.8 Å². The second-order valence-electron chi connectivity index (χ2n) is 6.84. The Hall–Kier alpha value is -2.70. The fourth-order valence-corrected chi connectivity index (χ4v) is 4.68. The zero-order valence-corrected chi connectivity index (χ0v) is 17.4. The van der Waals surface area contributed by atoms with E-state index in [1.165, 1.54) is 22.2 Å². The zero-order valence-electron chi connectivity index (χ0n) is 15.8. The molecule has 29 heavy (non-hydrogen) atoms. The number of aryl methyl sites for hydroxylation is 1. The molecule has 0 bridgehead atoms. The summed E-state index contributed by atoms with van der Waals surface area (Å²) in [4.78, 5) is 29.4. The molecule has 146 valence electrons. The highest BCUT2D eigenvalue weighted by Gasteiger charge is 2.34. The maximum absolute atomic E-state index is 12.9. The molecule has 0 spiro atoms. The lowest BCUT2D eigenvalue weighted by Gasteiger charge is -2.30. The van der Waals surface area contributed by atoms with Crippen LogP contribution in [0.15, 0.2) is 71.7 Å². The minimum Gasteiger partial charge on any atom is -0.311 e. The van der Waals surface area contributed by atoms with Crippen LogP contribution >= 0.6 is 24.0 Å². The fourth-order valence-electron chi connectivity index (χ4n) is 3.47. The predicted molar refractivity (Wildman–Crippen MR) is 123 cm³/mol. The summed E-state index contributed by atoms with van der Waals surface area (Å²) in [5.74, 6) is -0.314. The molecule has 6 heteroatoms. The molecule has 2 amide bonds. The van der Waals surface area contributed by atoms with Crippen LogP contribution in [-0.4, -0.2) is 34.1 Å². The van der Waals surface area contributed by atoms with Crippen molar-refractivity contribution in [1.29, 1.82) is 0 Å². The van der Waals surface area contributed by atoms with Gasteiger partial charge in [0, 0.05) is 12.2 Å². The summed E-state index contributed by atoms with van der Waals surface area (Å²) >= 11 is 6.61. The Bertz CT molecular complexity index is 1010. The molecule has 0 unspecified atom stereocenters. The Labute approximate surface area is 179 Å². The van der Waals surface area contributed by atoms with Gasteiger partial charge in [0.1, 0.15) is 10.9 Å². The van der Waals surface area contributed by atoms with Crippen molar-refractivity contribution in [3.63, 3.8) is 0 Å². The van der Waals surface area contributed by atoms with Gasteiger partial charge >= 0.3 is 0 Å². The standard InChI is InChI=1S/C23H20N2O2S2/c26-21(24-15-7-12-18-11-4-5-13-19(18)24)16-25-22(27)20(29-23(25)28)14-6-10-17-8-2-1-3-9-17/h1-6,8-11,13-14H,7,12,15-16H2/b10-6+,20-14-. The number of hydrogen-bond donors (Lipinski definition) is 0. The van der Waals surface area contributed by atoms with Gasteiger partial charge in [-0.1, -0.05) is 84.7 Å². The van der Waals surface area contributed by atoms with Gasteiger partial charge in [-0.05, 0) is 36.1 Å². The van der Waals surface area contributed by atoms with Gasteiger partial charge < -0.3 is 4.90 Å². The van der Waals surface area contributed by atoms with Crippen LogP contribution in [0.5, 0.6) is 0 Å². The minimum atomic E-state index is -0.212. The maximum atomic E-state index is 12.9. The third-order valence-corrected chi connectivity index (χ3v) is 6.31. The van der Waals surface area contributed by atoms with Gasteiger partial charge in [-0.25, -0.2) is 0 Å². The molecule has 1 fully saturated rings. The number of allylic oxidation sites excluding steroid dienone is 2. The van der Waals surface area contributed by atoms with E-state index in [1.807, 2.05) is 60.7 Å². The molecule has 0 radical (unpaired) electrons. The van der Waals surface area contributed by atoms with Gasteiger partial charge in [-0.3, -0.25) is 14.5 Å². The highest BCUT2D eigenvalue weighted by Crippen LogP contribution is 2.32. The first-order chi connectivity index (χ1) is 14.1. The summed E-state index contributed by atoms with van der Waals surface area (Å²) < 4.78 is 0.424. The molecule has 1 saturated heterocycles. The van der Waals surface area contributed by atoms with Crippen LogP contribution in [0.2, 0.25) is 0 Å². The molecule has 0 N–H and O–H groups in total. The number of rotatable bonds is 4. The number of thiocarbonyl (C=S) groups is 1. The molecule has 0 aliphatic carbocycles. The number of fused-ring (bicyclic) bond motifs is 1. The second kappa shape index (κ2) is 8.76. The van der Waals surface area contributed by atoms with E-state index in [0.29, 0.717) is 15.8 Å². The monoisotopic (exact) mass is 420 g/mol. The SMILES string of the molecule is O=C1/C(=C/C=C/c2ccccc2)SC(=S)N1CC(=O)N1CCCc2ccccc21. The van der Waals surface area contributed by atoms with Gasteiger partial charge in [0.2, 0.25) is 5.91 Å². The number of thioether (sulfide) groups is 1.